The minimum atomic E-state index is -1.32. The number of ether oxygens (including phenoxy) is 1. The molecule has 0 radical (unpaired) electrons. The van der Waals surface area contributed by atoms with E-state index in [1.807, 2.05) is 6.92 Å². The summed E-state index contributed by atoms with van der Waals surface area (Å²) >= 11 is 22.4. The summed E-state index contributed by atoms with van der Waals surface area (Å²) in [5, 5.41) is 0.523. The van der Waals surface area contributed by atoms with Crippen molar-refractivity contribution in [3.05, 3.63) is 11.1 Å². The normalized spacial score (nSPS) is 30.6. The first kappa shape index (κ1) is 10.9. The largest absolute Gasteiger partial charge is 0.365 e. The van der Waals surface area contributed by atoms with Crippen molar-refractivity contribution >= 4 is 46.4 Å². The Labute approximate surface area is 91.6 Å². The summed E-state index contributed by atoms with van der Waals surface area (Å²) in [5.74, 6) is 0. The zero-order valence-corrected chi connectivity index (χ0v) is 9.44. The molecule has 1 unspecified atom stereocenters. The van der Waals surface area contributed by atoms with Gasteiger partial charge in [-0.25, -0.2) is 0 Å². The van der Waals surface area contributed by atoms with E-state index < -0.39 is 3.79 Å². The van der Waals surface area contributed by atoms with Gasteiger partial charge in [-0.2, -0.15) is 0 Å². The van der Waals surface area contributed by atoms with Crippen LogP contribution in [-0.4, -0.2) is 16.0 Å². The van der Waals surface area contributed by atoms with Crippen LogP contribution in [0.2, 0.25) is 0 Å². The van der Waals surface area contributed by atoms with Crippen LogP contribution in [0.25, 0.3) is 0 Å². The van der Waals surface area contributed by atoms with Crippen LogP contribution in [0.5, 0.6) is 0 Å². The summed E-state index contributed by atoms with van der Waals surface area (Å²) in [7, 11) is 0. The molecular formula is C7H8Cl4O. The summed E-state index contributed by atoms with van der Waals surface area (Å²) in [4.78, 5) is 0. The van der Waals surface area contributed by atoms with Gasteiger partial charge < -0.3 is 4.74 Å². The SMILES string of the molecule is CC1(C=C(Cl)CC(Cl)(Cl)Cl)CO1. The predicted octanol–water partition coefficient (Wildman–Crippen LogP) is 3.66. The fraction of sp³-hybridized carbons (Fsp3) is 0.714. The molecule has 12 heavy (non-hydrogen) atoms. The van der Waals surface area contributed by atoms with Gasteiger partial charge in [0.25, 0.3) is 0 Å². The maximum atomic E-state index is 5.82. The molecule has 1 rings (SSSR count). The monoisotopic (exact) mass is 248 g/mol. The molecule has 1 nitrogen and oxygen atoms in total. The molecule has 1 aliphatic heterocycles. The van der Waals surface area contributed by atoms with E-state index in [-0.39, 0.29) is 12.0 Å². The molecule has 5 heteroatoms. The van der Waals surface area contributed by atoms with Crippen molar-refractivity contribution in [1.29, 1.82) is 0 Å². The average molecular weight is 250 g/mol. The second-order valence-corrected chi connectivity index (χ2v) is 5.99. The van der Waals surface area contributed by atoms with Crippen LogP contribution in [0.3, 0.4) is 0 Å². The average Bonchev–Trinajstić information content (AvgIpc) is 2.40. The summed E-state index contributed by atoms with van der Waals surface area (Å²) in [6.07, 6.45) is 1.99. The van der Waals surface area contributed by atoms with Gasteiger partial charge in [0.2, 0.25) is 0 Å². The molecule has 0 aromatic heterocycles. The van der Waals surface area contributed by atoms with E-state index in [0.717, 1.165) is 0 Å². The Hall–Kier alpha value is 0.860. The van der Waals surface area contributed by atoms with Gasteiger partial charge in [-0.3, -0.25) is 0 Å². The smallest absolute Gasteiger partial charge is 0.195 e. The summed E-state index contributed by atoms with van der Waals surface area (Å²) in [5.41, 5.74) is -0.229. The first-order valence-electron chi connectivity index (χ1n) is 3.39. The molecule has 0 aromatic rings. The van der Waals surface area contributed by atoms with Crippen LogP contribution < -0.4 is 0 Å². The van der Waals surface area contributed by atoms with Gasteiger partial charge in [-0.15, -0.1) is 0 Å². The number of hydrogen-bond donors (Lipinski definition) is 0. The van der Waals surface area contributed by atoms with E-state index in [9.17, 15) is 0 Å². The summed E-state index contributed by atoms with van der Waals surface area (Å²) < 4.78 is 3.77. The van der Waals surface area contributed by atoms with E-state index in [1.165, 1.54) is 0 Å². The zero-order valence-electron chi connectivity index (χ0n) is 6.41. The molecule has 0 amide bonds. The van der Waals surface area contributed by atoms with Crippen molar-refractivity contribution in [3.63, 3.8) is 0 Å². The van der Waals surface area contributed by atoms with Crippen LogP contribution in [0, 0.1) is 0 Å². The van der Waals surface area contributed by atoms with Crippen molar-refractivity contribution in [2.45, 2.75) is 22.7 Å². The van der Waals surface area contributed by atoms with Crippen molar-refractivity contribution < 1.29 is 4.74 Å². The van der Waals surface area contributed by atoms with Crippen molar-refractivity contribution in [3.8, 4) is 0 Å². The highest BCUT2D eigenvalue weighted by atomic mass is 35.6. The van der Waals surface area contributed by atoms with Gasteiger partial charge in [0.1, 0.15) is 5.60 Å². The Kier molecular flexibility index (Phi) is 3.23. The third kappa shape index (κ3) is 4.20. The lowest BCUT2D eigenvalue weighted by Gasteiger charge is -2.09. The number of alkyl halides is 3. The molecule has 1 atom stereocenters. The Bertz CT molecular complexity index is 202. The molecular weight excluding hydrogens is 242 g/mol. The van der Waals surface area contributed by atoms with Gasteiger partial charge in [-0.1, -0.05) is 46.4 Å². The van der Waals surface area contributed by atoms with E-state index >= 15 is 0 Å². The first-order chi connectivity index (χ1) is 5.31. The van der Waals surface area contributed by atoms with Crippen molar-refractivity contribution in [2.75, 3.05) is 6.61 Å². The quantitative estimate of drug-likeness (QED) is 0.538. The lowest BCUT2D eigenvalue weighted by molar-refractivity contribution is 0.369. The first-order valence-corrected chi connectivity index (χ1v) is 4.90. The molecule has 1 fully saturated rings. The molecule has 0 aliphatic carbocycles. The highest BCUT2D eigenvalue weighted by Gasteiger charge is 2.37. The van der Waals surface area contributed by atoms with Gasteiger partial charge in [0.05, 0.1) is 6.61 Å². The van der Waals surface area contributed by atoms with E-state index in [1.54, 1.807) is 6.08 Å². The minimum Gasteiger partial charge on any atom is -0.365 e. The van der Waals surface area contributed by atoms with Crippen LogP contribution in [-0.2, 0) is 4.74 Å². The number of halogens is 4. The van der Waals surface area contributed by atoms with Gasteiger partial charge in [0, 0.05) is 11.5 Å². The lowest BCUT2D eigenvalue weighted by atomic mass is 10.2. The third-order valence-electron chi connectivity index (χ3n) is 1.43. The van der Waals surface area contributed by atoms with Crippen LogP contribution in [0.15, 0.2) is 11.1 Å². The minimum absolute atomic E-state index is 0.220. The molecule has 0 spiro atoms. The number of rotatable bonds is 2. The molecule has 0 aromatic carbocycles. The standard InChI is InChI=1S/C7H8Cl4O/c1-6(4-12-6)2-5(8)3-7(9,10)11/h2H,3-4H2,1H3. The fourth-order valence-electron chi connectivity index (χ4n) is 0.771. The predicted molar refractivity (Wildman–Crippen MR) is 53.2 cm³/mol. The summed E-state index contributed by atoms with van der Waals surface area (Å²) in [6, 6.07) is 0. The van der Waals surface area contributed by atoms with E-state index in [0.29, 0.717) is 11.6 Å². The Morgan fingerprint density at radius 3 is 2.42 bits per heavy atom. The maximum absolute atomic E-state index is 5.82. The highest BCUT2D eigenvalue weighted by molar-refractivity contribution is 6.67. The number of epoxide rings is 1. The molecule has 1 saturated heterocycles. The van der Waals surface area contributed by atoms with Crippen molar-refractivity contribution in [1.82, 2.24) is 0 Å². The molecule has 0 saturated carbocycles. The molecule has 1 heterocycles. The van der Waals surface area contributed by atoms with Gasteiger partial charge >= 0.3 is 0 Å². The zero-order chi connectivity index (χ0) is 9.41. The Balaban J connectivity index is 2.47. The third-order valence-corrected chi connectivity index (χ3v) is 2.07. The maximum Gasteiger partial charge on any atom is 0.195 e. The van der Waals surface area contributed by atoms with Gasteiger partial charge in [0.15, 0.2) is 3.79 Å². The highest BCUT2D eigenvalue weighted by Crippen LogP contribution is 2.37. The summed E-state index contributed by atoms with van der Waals surface area (Å²) in [6.45, 7) is 2.61. The molecule has 0 N–H and O–H groups in total. The lowest BCUT2D eigenvalue weighted by Crippen LogP contribution is -2.04. The number of allylic oxidation sites excluding steroid dienone is 1. The molecule has 70 valence electrons. The molecule has 0 bridgehead atoms. The Morgan fingerprint density at radius 1 is 1.58 bits per heavy atom. The topological polar surface area (TPSA) is 12.5 Å². The van der Waals surface area contributed by atoms with E-state index in [2.05, 4.69) is 0 Å². The van der Waals surface area contributed by atoms with E-state index in [4.69, 9.17) is 51.1 Å². The van der Waals surface area contributed by atoms with Gasteiger partial charge in [-0.05, 0) is 13.0 Å². The Morgan fingerprint density at radius 2 is 2.08 bits per heavy atom. The molecule has 1 aliphatic rings. The van der Waals surface area contributed by atoms with Crippen molar-refractivity contribution in [2.24, 2.45) is 0 Å². The fourth-order valence-corrected chi connectivity index (χ4v) is 1.84. The van der Waals surface area contributed by atoms with Crippen LogP contribution in [0.1, 0.15) is 13.3 Å². The van der Waals surface area contributed by atoms with Crippen LogP contribution >= 0.6 is 46.4 Å². The second kappa shape index (κ2) is 3.55. The van der Waals surface area contributed by atoms with Crippen LogP contribution in [0.4, 0.5) is 0 Å². The number of hydrogen-bond acceptors (Lipinski definition) is 1. The second-order valence-electron chi connectivity index (χ2n) is 2.98.